The molecule has 0 saturated carbocycles. The molecule has 1 aromatic carbocycles. The fourth-order valence-corrected chi connectivity index (χ4v) is 2.41. The Kier molecular flexibility index (Phi) is 5.23. The molecule has 2 heterocycles. The SMILES string of the molecule is O=C(Nc1ccc(OCc2ccccn2)c(F)c1)N1CCC=C(F)C1. The molecule has 0 unspecified atom stereocenters. The number of aromatic nitrogens is 1. The van der Waals surface area contributed by atoms with Gasteiger partial charge in [0.15, 0.2) is 11.6 Å². The molecule has 7 heteroatoms. The van der Waals surface area contributed by atoms with E-state index in [0.717, 1.165) is 0 Å². The predicted octanol–water partition coefficient (Wildman–Crippen LogP) is 3.89. The van der Waals surface area contributed by atoms with E-state index in [1.807, 2.05) is 6.07 Å². The molecule has 25 heavy (non-hydrogen) atoms. The van der Waals surface area contributed by atoms with Crippen LogP contribution >= 0.6 is 0 Å². The third-order valence-electron chi connectivity index (χ3n) is 3.68. The maximum Gasteiger partial charge on any atom is 0.322 e. The van der Waals surface area contributed by atoms with Crippen molar-refractivity contribution in [1.82, 2.24) is 9.88 Å². The Morgan fingerprint density at radius 2 is 2.16 bits per heavy atom. The molecule has 0 atom stereocenters. The van der Waals surface area contributed by atoms with Gasteiger partial charge in [-0.05, 0) is 36.8 Å². The molecule has 1 N–H and O–H groups in total. The van der Waals surface area contributed by atoms with Gasteiger partial charge in [0.2, 0.25) is 0 Å². The summed E-state index contributed by atoms with van der Waals surface area (Å²) in [5, 5.41) is 2.56. The number of benzene rings is 1. The number of hydrogen-bond acceptors (Lipinski definition) is 3. The first kappa shape index (κ1) is 16.9. The number of nitrogens with zero attached hydrogens (tertiary/aromatic N) is 2. The summed E-state index contributed by atoms with van der Waals surface area (Å²) in [6.07, 6.45) is 3.55. The summed E-state index contributed by atoms with van der Waals surface area (Å²) >= 11 is 0. The number of nitrogens with one attached hydrogen (secondary N) is 1. The maximum absolute atomic E-state index is 14.1. The van der Waals surface area contributed by atoms with Crippen molar-refractivity contribution in [3.8, 4) is 5.75 Å². The van der Waals surface area contributed by atoms with E-state index in [4.69, 9.17) is 4.74 Å². The number of rotatable bonds is 4. The first-order valence-corrected chi connectivity index (χ1v) is 7.84. The van der Waals surface area contributed by atoms with Gasteiger partial charge in [-0.3, -0.25) is 4.98 Å². The fourth-order valence-electron chi connectivity index (χ4n) is 2.41. The van der Waals surface area contributed by atoms with Gasteiger partial charge >= 0.3 is 6.03 Å². The largest absolute Gasteiger partial charge is 0.484 e. The molecule has 0 saturated heterocycles. The Labute approximate surface area is 143 Å². The smallest absolute Gasteiger partial charge is 0.322 e. The number of hydrogen-bond donors (Lipinski definition) is 1. The monoisotopic (exact) mass is 345 g/mol. The number of carbonyl (C=O) groups excluding carboxylic acids is 1. The zero-order chi connectivity index (χ0) is 17.6. The Morgan fingerprint density at radius 1 is 1.28 bits per heavy atom. The van der Waals surface area contributed by atoms with Crippen LogP contribution in [-0.4, -0.2) is 29.0 Å². The van der Waals surface area contributed by atoms with Gasteiger partial charge in [0.05, 0.1) is 12.2 Å². The molecular formula is C18H17F2N3O2. The van der Waals surface area contributed by atoms with E-state index in [0.29, 0.717) is 18.7 Å². The summed E-state index contributed by atoms with van der Waals surface area (Å²) in [4.78, 5) is 17.5. The van der Waals surface area contributed by atoms with Crippen molar-refractivity contribution in [2.75, 3.05) is 18.4 Å². The maximum atomic E-state index is 14.1. The van der Waals surface area contributed by atoms with Crippen molar-refractivity contribution in [2.24, 2.45) is 0 Å². The summed E-state index contributed by atoms with van der Waals surface area (Å²) in [5.74, 6) is -0.875. The Balaban J connectivity index is 1.59. The van der Waals surface area contributed by atoms with Gasteiger partial charge in [-0.15, -0.1) is 0 Å². The van der Waals surface area contributed by atoms with Gasteiger partial charge in [0.25, 0.3) is 0 Å². The quantitative estimate of drug-likeness (QED) is 0.915. The van der Waals surface area contributed by atoms with Crippen molar-refractivity contribution < 1.29 is 18.3 Å². The first-order valence-electron chi connectivity index (χ1n) is 7.84. The summed E-state index contributed by atoms with van der Waals surface area (Å²) in [5.41, 5.74) is 0.960. The molecule has 3 rings (SSSR count). The zero-order valence-electron chi connectivity index (χ0n) is 13.4. The lowest BCUT2D eigenvalue weighted by Crippen LogP contribution is -2.38. The average Bonchev–Trinajstić information content (AvgIpc) is 2.62. The first-order chi connectivity index (χ1) is 12.1. The van der Waals surface area contributed by atoms with Crippen LogP contribution in [0.5, 0.6) is 5.75 Å². The van der Waals surface area contributed by atoms with Crippen LogP contribution in [0.4, 0.5) is 19.3 Å². The number of carbonyl (C=O) groups is 1. The number of anilines is 1. The van der Waals surface area contributed by atoms with Crippen LogP contribution in [-0.2, 0) is 6.61 Å². The highest BCUT2D eigenvalue weighted by Gasteiger charge is 2.18. The molecule has 1 aromatic heterocycles. The summed E-state index contributed by atoms with van der Waals surface area (Å²) < 4.78 is 32.8. The number of urea groups is 1. The van der Waals surface area contributed by atoms with E-state index in [9.17, 15) is 13.6 Å². The van der Waals surface area contributed by atoms with Crippen molar-refractivity contribution in [3.05, 3.63) is 66.0 Å². The van der Waals surface area contributed by atoms with Crippen LogP contribution in [0.3, 0.4) is 0 Å². The Hall–Kier alpha value is -2.96. The van der Waals surface area contributed by atoms with Crippen molar-refractivity contribution in [1.29, 1.82) is 0 Å². The fraction of sp³-hybridized carbons (Fsp3) is 0.222. The van der Waals surface area contributed by atoms with Gasteiger partial charge < -0.3 is 15.0 Å². The average molecular weight is 345 g/mol. The van der Waals surface area contributed by atoms with E-state index in [-0.39, 0.29) is 30.4 Å². The van der Waals surface area contributed by atoms with Crippen LogP contribution in [0.15, 0.2) is 54.5 Å². The molecule has 1 aliphatic heterocycles. The third kappa shape index (κ3) is 4.53. The van der Waals surface area contributed by atoms with Crippen LogP contribution in [0.2, 0.25) is 0 Å². The predicted molar refractivity (Wildman–Crippen MR) is 89.4 cm³/mol. The minimum atomic E-state index is -0.599. The summed E-state index contributed by atoms with van der Waals surface area (Å²) in [6.45, 7) is 0.495. The zero-order valence-corrected chi connectivity index (χ0v) is 13.4. The molecule has 5 nitrogen and oxygen atoms in total. The normalized spacial score (nSPS) is 14.0. The lowest BCUT2D eigenvalue weighted by atomic mass is 10.2. The molecule has 0 spiro atoms. The highest BCUT2D eigenvalue weighted by atomic mass is 19.1. The van der Waals surface area contributed by atoms with Gasteiger partial charge in [-0.2, -0.15) is 0 Å². The Bertz CT molecular complexity index is 781. The lowest BCUT2D eigenvalue weighted by Gasteiger charge is -2.24. The minimum Gasteiger partial charge on any atom is -0.484 e. The molecule has 0 aliphatic carbocycles. The van der Waals surface area contributed by atoms with Gasteiger partial charge in [0, 0.05) is 24.5 Å². The second-order valence-corrected chi connectivity index (χ2v) is 5.55. The topological polar surface area (TPSA) is 54.5 Å². The summed E-state index contributed by atoms with van der Waals surface area (Å²) in [6, 6.07) is 9.05. The van der Waals surface area contributed by atoms with Crippen molar-refractivity contribution in [2.45, 2.75) is 13.0 Å². The number of pyridine rings is 1. The van der Waals surface area contributed by atoms with E-state index in [2.05, 4.69) is 10.3 Å². The number of halogens is 2. The molecule has 0 radical (unpaired) electrons. The van der Waals surface area contributed by atoms with E-state index in [1.165, 1.54) is 29.2 Å². The minimum absolute atomic E-state index is 0.0654. The Morgan fingerprint density at radius 3 is 2.88 bits per heavy atom. The summed E-state index contributed by atoms with van der Waals surface area (Å²) in [7, 11) is 0. The van der Waals surface area contributed by atoms with Crippen LogP contribution < -0.4 is 10.1 Å². The second kappa shape index (κ2) is 7.74. The molecule has 2 amide bonds. The van der Waals surface area contributed by atoms with Crippen LogP contribution in [0.25, 0.3) is 0 Å². The van der Waals surface area contributed by atoms with Crippen LogP contribution in [0.1, 0.15) is 12.1 Å². The highest BCUT2D eigenvalue weighted by Crippen LogP contribution is 2.22. The van der Waals surface area contributed by atoms with E-state index in [1.54, 1.807) is 18.3 Å². The number of ether oxygens (including phenoxy) is 1. The van der Waals surface area contributed by atoms with Crippen molar-refractivity contribution in [3.63, 3.8) is 0 Å². The van der Waals surface area contributed by atoms with E-state index >= 15 is 0 Å². The molecule has 0 bridgehead atoms. The van der Waals surface area contributed by atoms with Gasteiger partial charge in [0.1, 0.15) is 12.4 Å². The standard InChI is InChI=1S/C18H17F2N3O2/c19-13-4-3-9-23(11-13)18(24)22-14-6-7-17(16(20)10-14)25-12-15-5-1-2-8-21-15/h1-2,4-8,10H,3,9,11-12H2,(H,22,24). The molecule has 0 fully saturated rings. The van der Waals surface area contributed by atoms with Crippen LogP contribution in [0, 0.1) is 5.82 Å². The third-order valence-corrected chi connectivity index (χ3v) is 3.68. The van der Waals surface area contributed by atoms with Gasteiger partial charge in [-0.25, -0.2) is 13.6 Å². The van der Waals surface area contributed by atoms with Gasteiger partial charge in [-0.1, -0.05) is 6.07 Å². The highest BCUT2D eigenvalue weighted by molar-refractivity contribution is 5.89. The molecule has 1 aliphatic rings. The molecule has 130 valence electrons. The number of amides is 2. The molecule has 2 aromatic rings. The lowest BCUT2D eigenvalue weighted by molar-refractivity contribution is 0.210. The molecular weight excluding hydrogens is 328 g/mol. The van der Waals surface area contributed by atoms with Crippen molar-refractivity contribution >= 4 is 11.7 Å². The van der Waals surface area contributed by atoms with E-state index < -0.39 is 11.8 Å². The second-order valence-electron chi connectivity index (χ2n) is 5.55.